The van der Waals surface area contributed by atoms with Crippen molar-refractivity contribution < 1.29 is 9.13 Å². The largest absolute Gasteiger partial charge is 0.383 e. The van der Waals surface area contributed by atoms with Crippen molar-refractivity contribution in [1.29, 1.82) is 0 Å². The van der Waals surface area contributed by atoms with Crippen LogP contribution in [0.3, 0.4) is 0 Å². The fraction of sp³-hybridized carbons (Fsp3) is 0.400. The summed E-state index contributed by atoms with van der Waals surface area (Å²) in [6.45, 7) is 3.99. The van der Waals surface area contributed by atoms with Crippen molar-refractivity contribution in [3.63, 3.8) is 0 Å². The lowest BCUT2D eigenvalue weighted by Gasteiger charge is -2.10. The number of fused-ring (bicyclic) bond motifs is 1. The molecule has 114 valence electrons. The number of methoxy groups -OCH3 is 1. The molecule has 4 nitrogen and oxygen atoms in total. The monoisotopic (exact) mass is 309 g/mol. The second-order valence-electron chi connectivity index (χ2n) is 4.84. The van der Waals surface area contributed by atoms with Crippen LogP contribution in [0.5, 0.6) is 0 Å². The van der Waals surface area contributed by atoms with Crippen LogP contribution < -0.4 is 10.6 Å². The van der Waals surface area contributed by atoms with Gasteiger partial charge >= 0.3 is 0 Å². The Kier molecular flexibility index (Phi) is 5.52. The molecule has 0 atom stereocenters. The molecule has 0 bridgehead atoms. The van der Waals surface area contributed by atoms with Crippen LogP contribution >= 0.6 is 12.2 Å². The van der Waals surface area contributed by atoms with Gasteiger partial charge in [-0.1, -0.05) is 0 Å². The lowest BCUT2D eigenvalue weighted by molar-refractivity contribution is 0.204. The number of aromatic amines is 1. The van der Waals surface area contributed by atoms with Crippen molar-refractivity contribution in [3.8, 4) is 0 Å². The molecular formula is C15H20FN3OS. The summed E-state index contributed by atoms with van der Waals surface area (Å²) in [5, 5.41) is 7.74. The summed E-state index contributed by atoms with van der Waals surface area (Å²) in [4.78, 5) is 3.27. The minimum absolute atomic E-state index is 0.215. The molecule has 1 aromatic heterocycles. The molecule has 6 heteroatoms. The molecule has 2 rings (SSSR count). The third kappa shape index (κ3) is 4.15. The van der Waals surface area contributed by atoms with Gasteiger partial charge in [-0.05, 0) is 49.3 Å². The molecule has 1 heterocycles. The van der Waals surface area contributed by atoms with E-state index in [0.29, 0.717) is 24.8 Å². The third-order valence-corrected chi connectivity index (χ3v) is 3.62. The number of nitrogens with one attached hydrogen (secondary N) is 3. The van der Waals surface area contributed by atoms with Crippen LogP contribution in [0.25, 0.3) is 10.9 Å². The second-order valence-corrected chi connectivity index (χ2v) is 5.25. The van der Waals surface area contributed by atoms with E-state index in [-0.39, 0.29) is 5.82 Å². The molecule has 21 heavy (non-hydrogen) atoms. The normalized spacial score (nSPS) is 10.8. The van der Waals surface area contributed by atoms with Gasteiger partial charge in [0.25, 0.3) is 0 Å². The molecule has 2 aromatic rings. The number of rotatable bonds is 6. The summed E-state index contributed by atoms with van der Waals surface area (Å²) in [5.41, 5.74) is 3.15. The molecule has 0 aliphatic carbocycles. The zero-order valence-corrected chi connectivity index (χ0v) is 13.1. The molecule has 0 fully saturated rings. The van der Waals surface area contributed by atoms with Crippen molar-refractivity contribution in [2.45, 2.75) is 13.3 Å². The van der Waals surface area contributed by atoms with Crippen molar-refractivity contribution in [3.05, 3.63) is 35.3 Å². The topological polar surface area (TPSA) is 49.1 Å². The van der Waals surface area contributed by atoms with Gasteiger partial charge in [0.2, 0.25) is 0 Å². The van der Waals surface area contributed by atoms with Crippen LogP contribution in [0.4, 0.5) is 4.39 Å². The highest BCUT2D eigenvalue weighted by Crippen LogP contribution is 2.23. The lowest BCUT2D eigenvalue weighted by Crippen LogP contribution is -2.37. The molecule has 0 aliphatic heterocycles. The predicted molar refractivity (Wildman–Crippen MR) is 87.2 cm³/mol. The molecule has 1 aromatic carbocycles. The summed E-state index contributed by atoms with van der Waals surface area (Å²) in [6, 6.07) is 4.81. The van der Waals surface area contributed by atoms with Crippen molar-refractivity contribution in [2.24, 2.45) is 0 Å². The number of benzene rings is 1. The van der Waals surface area contributed by atoms with Gasteiger partial charge in [0.05, 0.1) is 6.61 Å². The Labute approximate surface area is 129 Å². The highest BCUT2D eigenvalue weighted by Gasteiger charge is 2.09. The first kappa shape index (κ1) is 15.7. The number of hydrogen-bond acceptors (Lipinski definition) is 2. The van der Waals surface area contributed by atoms with Crippen LogP contribution in [0.2, 0.25) is 0 Å². The summed E-state index contributed by atoms with van der Waals surface area (Å²) < 4.78 is 18.3. The smallest absolute Gasteiger partial charge is 0.166 e. The van der Waals surface area contributed by atoms with E-state index in [9.17, 15) is 4.39 Å². The van der Waals surface area contributed by atoms with Crippen molar-refractivity contribution in [1.82, 2.24) is 15.6 Å². The van der Waals surface area contributed by atoms with E-state index >= 15 is 0 Å². The Morgan fingerprint density at radius 1 is 1.33 bits per heavy atom. The Morgan fingerprint density at radius 2 is 2.10 bits per heavy atom. The molecule has 0 aliphatic rings. The van der Waals surface area contributed by atoms with E-state index in [1.54, 1.807) is 19.2 Å². The average molecular weight is 309 g/mol. The van der Waals surface area contributed by atoms with Crippen LogP contribution in [-0.2, 0) is 11.2 Å². The quantitative estimate of drug-likeness (QED) is 0.566. The maximum absolute atomic E-state index is 13.4. The maximum atomic E-state index is 13.4. The van der Waals surface area contributed by atoms with Gasteiger partial charge in [-0.2, -0.15) is 0 Å². The van der Waals surface area contributed by atoms with E-state index in [1.807, 2.05) is 6.92 Å². The first-order chi connectivity index (χ1) is 10.1. The molecule has 0 saturated heterocycles. The molecular weight excluding hydrogens is 289 g/mol. The number of aromatic nitrogens is 1. The summed E-state index contributed by atoms with van der Waals surface area (Å²) >= 11 is 5.17. The summed E-state index contributed by atoms with van der Waals surface area (Å²) in [6.07, 6.45) is 0.779. The zero-order valence-electron chi connectivity index (χ0n) is 12.3. The summed E-state index contributed by atoms with van der Waals surface area (Å²) in [7, 11) is 1.65. The van der Waals surface area contributed by atoms with Crippen LogP contribution in [0, 0.1) is 12.7 Å². The zero-order chi connectivity index (χ0) is 15.2. The molecule has 0 radical (unpaired) electrons. The Bertz CT molecular complexity index is 627. The van der Waals surface area contributed by atoms with E-state index in [4.69, 9.17) is 17.0 Å². The number of thiocarbonyl (C=S) groups is 1. The fourth-order valence-electron chi connectivity index (χ4n) is 2.31. The SMILES string of the molecule is COCCNC(=S)NCCc1c(C)[nH]c2ccc(F)cc12. The first-order valence-corrected chi connectivity index (χ1v) is 7.30. The predicted octanol–water partition coefficient (Wildman–Crippen LogP) is 2.27. The molecule has 0 saturated carbocycles. The molecule has 0 spiro atoms. The average Bonchev–Trinajstić information content (AvgIpc) is 2.75. The van der Waals surface area contributed by atoms with E-state index in [2.05, 4.69) is 15.6 Å². The minimum atomic E-state index is -0.215. The van der Waals surface area contributed by atoms with Crippen LogP contribution in [-0.4, -0.2) is 36.9 Å². The highest BCUT2D eigenvalue weighted by atomic mass is 32.1. The number of hydrogen-bond donors (Lipinski definition) is 3. The molecule has 0 amide bonds. The third-order valence-electron chi connectivity index (χ3n) is 3.33. The van der Waals surface area contributed by atoms with Gasteiger partial charge in [-0.25, -0.2) is 4.39 Å². The summed E-state index contributed by atoms with van der Waals surface area (Å²) in [5.74, 6) is -0.215. The lowest BCUT2D eigenvalue weighted by atomic mass is 10.1. The van der Waals surface area contributed by atoms with Gasteiger partial charge in [0.1, 0.15) is 5.82 Å². The first-order valence-electron chi connectivity index (χ1n) is 6.89. The van der Waals surface area contributed by atoms with Gasteiger partial charge in [-0.15, -0.1) is 0 Å². The number of ether oxygens (including phenoxy) is 1. The molecule has 0 unspecified atom stereocenters. The Morgan fingerprint density at radius 3 is 2.86 bits per heavy atom. The van der Waals surface area contributed by atoms with E-state index in [1.165, 1.54) is 6.07 Å². The minimum Gasteiger partial charge on any atom is -0.383 e. The Hall–Kier alpha value is -1.66. The number of aryl methyl sites for hydroxylation is 1. The van der Waals surface area contributed by atoms with Crippen LogP contribution in [0.1, 0.15) is 11.3 Å². The van der Waals surface area contributed by atoms with E-state index < -0.39 is 0 Å². The standard InChI is InChI=1S/C15H20FN3OS/c1-10-12(5-6-17-15(21)18-7-8-20-2)13-9-11(16)3-4-14(13)19-10/h3-4,9,19H,5-8H2,1-2H3,(H2,17,18,21). The van der Waals surface area contributed by atoms with Crippen molar-refractivity contribution in [2.75, 3.05) is 26.8 Å². The van der Waals surface area contributed by atoms with Crippen molar-refractivity contribution >= 4 is 28.2 Å². The number of H-pyrrole nitrogens is 1. The number of halogens is 1. The van der Waals surface area contributed by atoms with Gasteiger partial charge in [0, 0.05) is 36.8 Å². The van der Waals surface area contributed by atoms with Gasteiger partial charge in [-0.3, -0.25) is 0 Å². The fourth-order valence-corrected chi connectivity index (χ4v) is 2.51. The Balaban J connectivity index is 1.93. The second kappa shape index (κ2) is 7.38. The van der Waals surface area contributed by atoms with Gasteiger partial charge in [0.15, 0.2) is 5.11 Å². The maximum Gasteiger partial charge on any atom is 0.166 e. The molecule has 3 N–H and O–H groups in total. The van der Waals surface area contributed by atoms with E-state index in [0.717, 1.165) is 28.6 Å². The highest BCUT2D eigenvalue weighted by molar-refractivity contribution is 7.80. The van der Waals surface area contributed by atoms with Gasteiger partial charge < -0.3 is 20.4 Å². The van der Waals surface area contributed by atoms with Crippen LogP contribution in [0.15, 0.2) is 18.2 Å².